The van der Waals surface area contributed by atoms with E-state index in [9.17, 15) is 5.11 Å². The molecule has 0 radical (unpaired) electrons. The summed E-state index contributed by atoms with van der Waals surface area (Å²) in [5.74, 6) is 0. The lowest BCUT2D eigenvalue weighted by Crippen LogP contribution is -2.35. The summed E-state index contributed by atoms with van der Waals surface area (Å²) in [5, 5.41) is 13.9. The van der Waals surface area contributed by atoms with Crippen LogP contribution in [0.15, 0.2) is 18.2 Å². The van der Waals surface area contributed by atoms with Gasteiger partial charge in [0.05, 0.1) is 6.10 Å². The first kappa shape index (κ1) is 16.2. The van der Waals surface area contributed by atoms with Crippen LogP contribution in [0, 0.1) is 13.8 Å². The van der Waals surface area contributed by atoms with E-state index < -0.39 is 6.10 Å². The van der Waals surface area contributed by atoms with Crippen LogP contribution in [0.3, 0.4) is 0 Å². The summed E-state index contributed by atoms with van der Waals surface area (Å²) in [7, 11) is 1.71. The second-order valence-corrected chi connectivity index (χ2v) is 5.10. The van der Waals surface area contributed by atoms with E-state index in [1.165, 1.54) is 11.1 Å². The molecule has 2 unspecified atom stereocenters. The van der Waals surface area contributed by atoms with Gasteiger partial charge in [0.25, 0.3) is 0 Å². The molecule has 1 aromatic carbocycles. The van der Waals surface area contributed by atoms with Crippen LogP contribution in [0.5, 0.6) is 0 Å². The van der Waals surface area contributed by atoms with Crippen LogP contribution in [0.2, 0.25) is 0 Å². The highest BCUT2D eigenvalue weighted by molar-refractivity contribution is 5.31. The largest absolute Gasteiger partial charge is 0.387 e. The molecule has 0 aliphatic rings. The third kappa shape index (κ3) is 4.94. The molecule has 19 heavy (non-hydrogen) atoms. The number of ether oxygens (including phenoxy) is 1. The van der Waals surface area contributed by atoms with Gasteiger partial charge in [-0.25, -0.2) is 0 Å². The second kappa shape index (κ2) is 8.31. The number of methoxy groups -OCH3 is 1. The highest BCUT2D eigenvalue weighted by atomic mass is 16.5. The average molecular weight is 265 g/mol. The van der Waals surface area contributed by atoms with E-state index >= 15 is 0 Å². The maximum absolute atomic E-state index is 10.5. The molecule has 0 aliphatic heterocycles. The number of aliphatic hydroxyl groups is 1. The lowest BCUT2D eigenvalue weighted by molar-refractivity contribution is 0.123. The van der Waals surface area contributed by atoms with Crippen molar-refractivity contribution in [2.75, 3.05) is 20.3 Å². The standard InChI is InChI=1S/C16H27NO2/c1-5-15(17-9-6-10-19-4)16(18)14-8-7-12(2)13(3)11-14/h7-8,11,15-18H,5-6,9-10H2,1-4H3. The normalized spacial score (nSPS) is 14.4. The Bertz CT molecular complexity index is 379. The average Bonchev–Trinajstić information content (AvgIpc) is 2.41. The van der Waals surface area contributed by atoms with Crippen LogP contribution < -0.4 is 5.32 Å². The SMILES string of the molecule is CCC(NCCCOC)C(O)c1ccc(C)c(C)c1. The van der Waals surface area contributed by atoms with Crippen molar-refractivity contribution in [3.8, 4) is 0 Å². The highest BCUT2D eigenvalue weighted by Crippen LogP contribution is 2.21. The van der Waals surface area contributed by atoms with Gasteiger partial charge in [-0.05, 0) is 49.9 Å². The molecule has 0 fully saturated rings. The molecule has 3 nitrogen and oxygen atoms in total. The number of benzene rings is 1. The van der Waals surface area contributed by atoms with Crippen LogP contribution in [0.25, 0.3) is 0 Å². The Morgan fingerprint density at radius 2 is 2.00 bits per heavy atom. The predicted molar refractivity (Wildman–Crippen MR) is 79.5 cm³/mol. The third-order valence-electron chi connectivity index (χ3n) is 3.63. The molecule has 0 aliphatic carbocycles. The van der Waals surface area contributed by atoms with Crippen molar-refractivity contribution in [1.29, 1.82) is 0 Å². The third-order valence-corrected chi connectivity index (χ3v) is 3.63. The zero-order valence-corrected chi connectivity index (χ0v) is 12.6. The Balaban J connectivity index is 2.61. The van der Waals surface area contributed by atoms with Crippen LogP contribution in [-0.4, -0.2) is 31.4 Å². The minimum Gasteiger partial charge on any atom is -0.387 e. The summed E-state index contributed by atoms with van der Waals surface area (Å²) < 4.78 is 5.03. The van der Waals surface area contributed by atoms with E-state index in [0.29, 0.717) is 0 Å². The molecular weight excluding hydrogens is 238 g/mol. The van der Waals surface area contributed by atoms with Gasteiger partial charge in [0.15, 0.2) is 0 Å². The van der Waals surface area contributed by atoms with E-state index in [4.69, 9.17) is 4.74 Å². The van der Waals surface area contributed by atoms with E-state index in [0.717, 1.165) is 31.6 Å². The van der Waals surface area contributed by atoms with Crippen molar-refractivity contribution in [3.63, 3.8) is 0 Å². The molecule has 2 atom stereocenters. The quantitative estimate of drug-likeness (QED) is 0.710. The second-order valence-electron chi connectivity index (χ2n) is 5.10. The fourth-order valence-electron chi connectivity index (χ4n) is 2.16. The summed E-state index contributed by atoms with van der Waals surface area (Å²) >= 11 is 0. The minimum absolute atomic E-state index is 0.0963. The van der Waals surface area contributed by atoms with Crippen LogP contribution in [0.4, 0.5) is 0 Å². The molecule has 1 rings (SSSR count). The minimum atomic E-state index is -0.452. The molecule has 0 saturated heterocycles. The molecule has 1 aromatic rings. The van der Waals surface area contributed by atoms with Gasteiger partial charge in [-0.3, -0.25) is 0 Å². The zero-order valence-electron chi connectivity index (χ0n) is 12.6. The van der Waals surface area contributed by atoms with Crippen molar-refractivity contribution >= 4 is 0 Å². The lowest BCUT2D eigenvalue weighted by Gasteiger charge is -2.24. The maximum Gasteiger partial charge on any atom is 0.0942 e. The molecular formula is C16H27NO2. The molecule has 0 bridgehead atoms. The van der Waals surface area contributed by atoms with E-state index in [1.54, 1.807) is 7.11 Å². The number of rotatable bonds is 8. The van der Waals surface area contributed by atoms with Crippen molar-refractivity contribution < 1.29 is 9.84 Å². The topological polar surface area (TPSA) is 41.5 Å². The van der Waals surface area contributed by atoms with Gasteiger partial charge in [0.1, 0.15) is 0 Å². The first-order valence-corrected chi connectivity index (χ1v) is 7.07. The molecule has 3 heteroatoms. The van der Waals surface area contributed by atoms with Gasteiger partial charge in [-0.1, -0.05) is 25.1 Å². The molecule has 2 N–H and O–H groups in total. The number of hydrogen-bond donors (Lipinski definition) is 2. The van der Waals surface area contributed by atoms with E-state index in [2.05, 4.69) is 38.2 Å². The van der Waals surface area contributed by atoms with Crippen LogP contribution in [0.1, 0.15) is 42.6 Å². The van der Waals surface area contributed by atoms with Crippen molar-refractivity contribution in [2.45, 2.75) is 45.8 Å². The number of nitrogens with one attached hydrogen (secondary N) is 1. The smallest absolute Gasteiger partial charge is 0.0942 e. The molecule has 0 spiro atoms. The van der Waals surface area contributed by atoms with Gasteiger partial charge < -0.3 is 15.2 Å². The van der Waals surface area contributed by atoms with Gasteiger partial charge in [-0.15, -0.1) is 0 Å². The zero-order chi connectivity index (χ0) is 14.3. The van der Waals surface area contributed by atoms with Crippen molar-refractivity contribution in [1.82, 2.24) is 5.32 Å². The molecule has 0 saturated carbocycles. The maximum atomic E-state index is 10.5. The summed E-state index contributed by atoms with van der Waals surface area (Å²) in [6.45, 7) is 7.89. The number of aliphatic hydroxyl groups excluding tert-OH is 1. The first-order valence-electron chi connectivity index (χ1n) is 7.07. The molecule has 0 aromatic heterocycles. The van der Waals surface area contributed by atoms with Gasteiger partial charge in [0.2, 0.25) is 0 Å². The number of hydrogen-bond acceptors (Lipinski definition) is 3. The first-order chi connectivity index (χ1) is 9.10. The predicted octanol–water partition coefficient (Wildman–Crippen LogP) is 2.74. The Labute approximate surface area is 117 Å². The lowest BCUT2D eigenvalue weighted by atomic mass is 9.97. The summed E-state index contributed by atoms with van der Waals surface area (Å²) in [4.78, 5) is 0. The Kier molecular flexibility index (Phi) is 7.06. The van der Waals surface area contributed by atoms with Gasteiger partial charge in [0, 0.05) is 19.8 Å². The Morgan fingerprint density at radius 1 is 1.26 bits per heavy atom. The monoisotopic (exact) mass is 265 g/mol. The van der Waals surface area contributed by atoms with E-state index in [-0.39, 0.29) is 6.04 Å². The Hall–Kier alpha value is -0.900. The van der Waals surface area contributed by atoms with Crippen LogP contribution >= 0.6 is 0 Å². The van der Waals surface area contributed by atoms with Crippen LogP contribution in [-0.2, 0) is 4.74 Å². The van der Waals surface area contributed by atoms with E-state index in [1.807, 2.05) is 6.07 Å². The fraction of sp³-hybridized carbons (Fsp3) is 0.625. The molecule has 0 heterocycles. The molecule has 108 valence electrons. The van der Waals surface area contributed by atoms with Gasteiger partial charge >= 0.3 is 0 Å². The summed E-state index contributed by atoms with van der Waals surface area (Å²) in [6, 6.07) is 6.27. The number of aryl methyl sites for hydroxylation is 2. The Morgan fingerprint density at radius 3 is 2.58 bits per heavy atom. The van der Waals surface area contributed by atoms with Crippen molar-refractivity contribution in [3.05, 3.63) is 34.9 Å². The van der Waals surface area contributed by atoms with Gasteiger partial charge in [-0.2, -0.15) is 0 Å². The summed E-state index contributed by atoms with van der Waals surface area (Å²) in [6.07, 6.45) is 1.42. The summed E-state index contributed by atoms with van der Waals surface area (Å²) in [5.41, 5.74) is 3.48. The van der Waals surface area contributed by atoms with Crippen molar-refractivity contribution in [2.24, 2.45) is 0 Å². The molecule has 0 amide bonds. The highest BCUT2D eigenvalue weighted by Gasteiger charge is 2.18. The fourth-order valence-corrected chi connectivity index (χ4v) is 2.16.